The summed E-state index contributed by atoms with van der Waals surface area (Å²) in [6, 6.07) is 7.83. The van der Waals surface area contributed by atoms with Crippen molar-refractivity contribution >= 4 is 10.9 Å². The molecule has 24 heavy (non-hydrogen) atoms. The van der Waals surface area contributed by atoms with Gasteiger partial charge in [0.05, 0.1) is 11.1 Å². The first-order chi connectivity index (χ1) is 11.8. The topological polar surface area (TPSA) is 62.6 Å². The Bertz CT molecular complexity index is 806. The van der Waals surface area contributed by atoms with Crippen molar-refractivity contribution in [3.05, 3.63) is 35.4 Å². The fourth-order valence-electron chi connectivity index (χ4n) is 2.19. The monoisotopic (exact) mass is 323 g/mol. The first-order valence-corrected chi connectivity index (χ1v) is 8.02. The van der Waals surface area contributed by atoms with Gasteiger partial charge in [-0.3, -0.25) is 0 Å². The molecule has 0 saturated carbocycles. The van der Waals surface area contributed by atoms with Gasteiger partial charge in [0.2, 0.25) is 5.88 Å². The number of rotatable bonds is 5. The lowest BCUT2D eigenvalue weighted by molar-refractivity contribution is 0.290. The van der Waals surface area contributed by atoms with Gasteiger partial charge in [-0.1, -0.05) is 36.0 Å². The number of para-hydroxylation sites is 1. The summed E-state index contributed by atoms with van der Waals surface area (Å²) in [7, 11) is 0. The molecule has 0 unspecified atom stereocenters. The molecular formula is C20H21NO3. The van der Waals surface area contributed by atoms with Crippen molar-refractivity contribution in [2.75, 3.05) is 13.2 Å². The van der Waals surface area contributed by atoms with E-state index in [-0.39, 0.29) is 13.2 Å². The smallest absolute Gasteiger partial charge is 0.247 e. The van der Waals surface area contributed by atoms with Gasteiger partial charge in [-0.05, 0) is 31.4 Å². The van der Waals surface area contributed by atoms with Gasteiger partial charge in [0, 0.05) is 31.4 Å². The standard InChI is InChI=1S/C20H21NO3/c1-16-17-10-5-6-12-19(17)21-20(24-15-9-3-8-14-23)18(16)11-4-2-7-13-22/h5-6,10,12,22-23H,2-3,7-8,13-14H2,1H3. The third-order valence-electron chi connectivity index (χ3n) is 3.47. The van der Waals surface area contributed by atoms with Crippen molar-refractivity contribution in [2.45, 2.75) is 32.6 Å². The zero-order valence-electron chi connectivity index (χ0n) is 13.8. The van der Waals surface area contributed by atoms with Crippen LogP contribution in [0.25, 0.3) is 10.9 Å². The largest absolute Gasteiger partial charge is 0.396 e. The first kappa shape index (κ1) is 17.8. The number of pyridine rings is 1. The van der Waals surface area contributed by atoms with Gasteiger partial charge in [0.25, 0.3) is 0 Å². The number of aliphatic hydroxyl groups excluding tert-OH is 2. The van der Waals surface area contributed by atoms with Crippen molar-refractivity contribution in [1.82, 2.24) is 4.98 Å². The number of unbranched alkanes of at least 4 members (excludes halogenated alkanes) is 2. The molecular weight excluding hydrogens is 302 g/mol. The number of hydrogen-bond acceptors (Lipinski definition) is 4. The molecule has 0 aliphatic heterocycles. The summed E-state index contributed by atoms with van der Waals surface area (Å²) >= 11 is 0. The average Bonchev–Trinajstić information content (AvgIpc) is 2.60. The van der Waals surface area contributed by atoms with Crippen molar-refractivity contribution in [2.24, 2.45) is 0 Å². The highest BCUT2D eigenvalue weighted by Gasteiger charge is 2.11. The van der Waals surface area contributed by atoms with E-state index in [9.17, 15) is 0 Å². The Morgan fingerprint density at radius 2 is 1.75 bits per heavy atom. The van der Waals surface area contributed by atoms with E-state index in [0.29, 0.717) is 31.6 Å². The van der Waals surface area contributed by atoms with E-state index in [4.69, 9.17) is 14.9 Å². The van der Waals surface area contributed by atoms with Crippen LogP contribution in [0.1, 0.15) is 36.8 Å². The third-order valence-corrected chi connectivity index (χ3v) is 3.47. The molecule has 2 N–H and O–H groups in total. The van der Waals surface area contributed by atoms with Crippen LogP contribution in [0.15, 0.2) is 24.3 Å². The van der Waals surface area contributed by atoms with Crippen LogP contribution < -0.4 is 4.74 Å². The lowest BCUT2D eigenvalue weighted by Gasteiger charge is -2.08. The third kappa shape index (κ3) is 4.73. The van der Waals surface area contributed by atoms with Gasteiger partial charge in [0.1, 0.15) is 6.11 Å². The van der Waals surface area contributed by atoms with Gasteiger partial charge in [-0.15, -0.1) is 0 Å². The van der Waals surface area contributed by atoms with Crippen molar-refractivity contribution in [1.29, 1.82) is 0 Å². The fraction of sp³-hybridized carbons (Fsp3) is 0.350. The molecule has 1 aromatic carbocycles. The Labute approximate surface area is 142 Å². The Kier molecular flexibility index (Phi) is 7.11. The van der Waals surface area contributed by atoms with Crippen LogP contribution in [0.3, 0.4) is 0 Å². The summed E-state index contributed by atoms with van der Waals surface area (Å²) in [6.07, 6.45) is 5.09. The first-order valence-electron chi connectivity index (χ1n) is 8.02. The van der Waals surface area contributed by atoms with Crippen LogP contribution in [-0.4, -0.2) is 28.4 Å². The lowest BCUT2D eigenvalue weighted by Crippen LogP contribution is -1.97. The van der Waals surface area contributed by atoms with Gasteiger partial charge in [-0.2, -0.15) is 0 Å². The number of hydrogen-bond donors (Lipinski definition) is 2. The predicted octanol–water partition coefficient (Wildman–Crippen LogP) is 2.78. The second-order valence-electron chi connectivity index (χ2n) is 5.27. The summed E-state index contributed by atoms with van der Waals surface area (Å²) in [5.74, 6) is 9.41. The van der Waals surface area contributed by atoms with Gasteiger partial charge in [0.15, 0.2) is 0 Å². The fourth-order valence-corrected chi connectivity index (χ4v) is 2.19. The molecule has 0 amide bonds. The maximum absolute atomic E-state index is 8.86. The van der Waals surface area contributed by atoms with Crippen LogP contribution in [-0.2, 0) is 0 Å². The molecule has 2 aromatic rings. The Morgan fingerprint density at radius 3 is 2.50 bits per heavy atom. The van der Waals surface area contributed by atoms with Crippen LogP contribution in [0, 0.1) is 30.8 Å². The van der Waals surface area contributed by atoms with E-state index < -0.39 is 0 Å². The minimum atomic E-state index is 0.115. The van der Waals surface area contributed by atoms with Crippen molar-refractivity contribution in [3.63, 3.8) is 0 Å². The van der Waals surface area contributed by atoms with Gasteiger partial charge < -0.3 is 14.9 Å². The summed E-state index contributed by atoms with van der Waals surface area (Å²) in [5, 5.41) is 18.7. The maximum atomic E-state index is 8.86. The number of nitrogens with zero attached hydrogens (tertiary/aromatic N) is 1. The Balaban J connectivity index is 2.37. The normalized spacial score (nSPS) is 9.79. The molecule has 0 saturated heterocycles. The molecule has 0 spiro atoms. The highest BCUT2D eigenvalue weighted by atomic mass is 16.5. The minimum absolute atomic E-state index is 0.115. The molecule has 0 fully saturated rings. The molecule has 0 atom stereocenters. The van der Waals surface area contributed by atoms with Crippen LogP contribution >= 0.6 is 0 Å². The second kappa shape index (κ2) is 9.57. The molecule has 124 valence electrons. The van der Waals surface area contributed by atoms with E-state index in [0.717, 1.165) is 22.0 Å². The Hall–Kier alpha value is -2.53. The number of aliphatic hydroxyl groups is 2. The molecule has 2 rings (SSSR count). The number of aryl methyl sites for hydroxylation is 1. The number of ether oxygens (including phenoxy) is 1. The van der Waals surface area contributed by atoms with E-state index in [2.05, 4.69) is 28.9 Å². The van der Waals surface area contributed by atoms with Crippen molar-refractivity contribution < 1.29 is 14.9 Å². The summed E-state index contributed by atoms with van der Waals surface area (Å²) in [5.41, 5.74) is 2.57. The van der Waals surface area contributed by atoms with Crippen LogP contribution in [0.5, 0.6) is 5.88 Å². The van der Waals surface area contributed by atoms with E-state index in [1.165, 1.54) is 0 Å². The predicted molar refractivity (Wildman–Crippen MR) is 94.4 cm³/mol. The summed E-state index contributed by atoms with van der Waals surface area (Å²) < 4.78 is 5.52. The lowest BCUT2D eigenvalue weighted by atomic mass is 10.0. The molecule has 4 nitrogen and oxygen atoms in total. The van der Waals surface area contributed by atoms with Gasteiger partial charge >= 0.3 is 0 Å². The zero-order chi connectivity index (χ0) is 17.2. The summed E-state index contributed by atoms with van der Waals surface area (Å²) in [4.78, 5) is 4.53. The highest BCUT2D eigenvalue weighted by Crippen LogP contribution is 2.26. The Morgan fingerprint density at radius 1 is 1.04 bits per heavy atom. The molecule has 1 heterocycles. The molecule has 0 aliphatic rings. The highest BCUT2D eigenvalue weighted by molar-refractivity contribution is 5.85. The van der Waals surface area contributed by atoms with Crippen LogP contribution in [0.4, 0.5) is 0 Å². The van der Waals surface area contributed by atoms with Gasteiger partial charge in [-0.25, -0.2) is 4.98 Å². The maximum Gasteiger partial charge on any atom is 0.247 e. The SMILES string of the molecule is Cc1c(C#CCCCO)c(OC#CCCCO)nc2ccccc12. The zero-order valence-corrected chi connectivity index (χ0v) is 13.8. The molecule has 0 aliphatic carbocycles. The van der Waals surface area contributed by atoms with Crippen molar-refractivity contribution in [3.8, 4) is 29.7 Å². The van der Waals surface area contributed by atoms with Crippen LogP contribution in [0.2, 0.25) is 0 Å². The molecule has 0 radical (unpaired) electrons. The molecule has 4 heteroatoms. The summed E-state index contributed by atoms with van der Waals surface area (Å²) in [6.45, 7) is 2.24. The molecule has 1 aromatic heterocycles. The van der Waals surface area contributed by atoms with E-state index in [1.54, 1.807) is 0 Å². The minimum Gasteiger partial charge on any atom is -0.396 e. The number of fused-ring (bicyclic) bond motifs is 1. The second-order valence-corrected chi connectivity index (χ2v) is 5.27. The number of benzene rings is 1. The quantitative estimate of drug-likeness (QED) is 0.656. The van der Waals surface area contributed by atoms with E-state index >= 15 is 0 Å². The average molecular weight is 323 g/mol. The van der Waals surface area contributed by atoms with E-state index in [1.807, 2.05) is 31.2 Å². The molecule has 0 bridgehead atoms. The number of aromatic nitrogens is 1.